The van der Waals surface area contributed by atoms with Crippen LogP contribution in [0.5, 0.6) is 0 Å². The molecule has 1 aromatic carbocycles. The maximum Gasteiger partial charge on any atom is 0.140 e. The number of hydrogen-bond donors (Lipinski definition) is 1. The van der Waals surface area contributed by atoms with Gasteiger partial charge in [-0.2, -0.15) is 5.26 Å². The molecule has 5 heteroatoms. The number of hydrogen-bond acceptors (Lipinski definition) is 3. The van der Waals surface area contributed by atoms with Crippen molar-refractivity contribution in [3.63, 3.8) is 0 Å². The van der Waals surface area contributed by atoms with E-state index in [4.69, 9.17) is 16.9 Å². The molecule has 2 aromatic rings. The van der Waals surface area contributed by atoms with E-state index in [2.05, 4.69) is 26.2 Å². The molecule has 0 spiro atoms. The monoisotopic (exact) mass is 307 g/mol. The van der Waals surface area contributed by atoms with Gasteiger partial charge < -0.3 is 5.32 Å². The predicted octanol–water partition coefficient (Wildman–Crippen LogP) is 4.11. The minimum atomic E-state index is 0.390. The zero-order chi connectivity index (χ0) is 12.3. The molecule has 0 aliphatic heterocycles. The van der Waals surface area contributed by atoms with E-state index in [9.17, 15) is 0 Å². The number of benzene rings is 1. The van der Waals surface area contributed by atoms with E-state index < -0.39 is 0 Å². The standard InChI is InChI=1S/C12H7BrClN3/c13-12-10(14)2-1-3-11(12)17-9-5-4-8(6-15)16-7-9/h1-5,7,17H. The maximum atomic E-state index is 8.64. The molecule has 3 nitrogen and oxygen atoms in total. The van der Waals surface area contributed by atoms with Crippen LogP contribution in [0.25, 0.3) is 0 Å². The van der Waals surface area contributed by atoms with E-state index in [1.807, 2.05) is 18.2 Å². The molecule has 1 N–H and O–H groups in total. The van der Waals surface area contributed by atoms with Gasteiger partial charge in [-0.05, 0) is 40.2 Å². The molecule has 84 valence electrons. The molecule has 0 radical (unpaired) electrons. The first-order valence-corrected chi connectivity index (χ1v) is 5.95. The summed E-state index contributed by atoms with van der Waals surface area (Å²) >= 11 is 9.38. The van der Waals surface area contributed by atoms with E-state index in [0.29, 0.717) is 10.7 Å². The lowest BCUT2D eigenvalue weighted by Crippen LogP contribution is -1.93. The van der Waals surface area contributed by atoms with Crippen LogP contribution in [-0.2, 0) is 0 Å². The van der Waals surface area contributed by atoms with Crippen LogP contribution < -0.4 is 5.32 Å². The van der Waals surface area contributed by atoms with Crippen LogP contribution in [0, 0.1) is 11.3 Å². The first-order valence-electron chi connectivity index (χ1n) is 4.78. The largest absolute Gasteiger partial charge is 0.353 e. The van der Waals surface area contributed by atoms with Crippen LogP contribution in [0.2, 0.25) is 5.02 Å². The van der Waals surface area contributed by atoms with Gasteiger partial charge >= 0.3 is 0 Å². The van der Waals surface area contributed by atoms with Crippen molar-refractivity contribution >= 4 is 38.9 Å². The number of nitrogens with one attached hydrogen (secondary N) is 1. The van der Waals surface area contributed by atoms with Crippen molar-refractivity contribution < 1.29 is 0 Å². The van der Waals surface area contributed by atoms with Crippen molar-refractivity contribution in [1.82, 2.24) is 4.98 Å². The van der Waals surface area contributed by atoms with Crippen LogP contribution >= 0.6 is 27.5 Å². The van der Waals surface area contributed by atoms with Crippen LogP contribution in [0.15, 0.2) is 41.0 Å². The molecule has 0 saturated carbocycles. The second-order valence-electron chi connectivity index (χ2n) is 3.27. The molecule has 0 bridgehead atoms. The molecule has 0 aliphatic carbocycles. The Hall–Kier alpha value is -1.57. The normalized spacial score (nSPS) is 9.71. The molecule has 1 heterocycles. The Balaban J connectivity index is 2.26. The number of anilines is 2. The zero-order valence-corrected chi connectivity index (χ0v) is 11.0. The van der Waals surface area contributed by atoms with Gasteiger partial charge in [0.1, 0.15) is 11.8 Å². The fraction of sp³-hybridized carbons (Fsp3) is 0. The molecule has 1 aromatic heterocycles. The average molecular weight is 309 g/mol. The Kier molecular flexibility index (Phi) is 3.62. The predicted molar refractivity (Wildman–Crippen MR) is 71.4 cm³/mol. The van der Waals surface area contributed by atoms with Crippen molar-refractivity contribution in [2.75, 3.05) is 5.32 Å². The lowest BCUT2D eigenvalue weighted by molar-refractivity contribution is 1.26. The average Bonchev–Trinajstić information content (AvgIpc) is 2.36. The number of nitriles is 1. The highest BCUT2D eigenvalue weighted by molar-refractivity contribution is 9.10. The van der Waals surface area contributed by atoms with Crippen molar-refractivity contribution in [3.8, 4) is 6.07 Å². The summed E-state index contributed by atoms with van der Waals surface area (Å²) in [5.74, 6) is 0. The second kappa shape index (κ2) is 5.17. The summed E-state index contributed by atoms with van der Waals surface area (Å²) in [6.45, 7) is 0. The SMILES string of the molecule is N#Cc1ccc(Nc2cccc(Cl)c2Br)cn1. The Labute approximate surface area is 112 Å². The van der Waals surface area contributed by atoms with E-state index in [1.54, 1.807) is 24.4 Å². The first-order chi connectivity index (χ1) is 8.20. The second-order valence-corrected chi connectivity index (χ2v) is 4.47. The van der Waals surface area contributed by atoms with E-state index in [1.165, 1.54) is 0 Å². The van der Waals surface area contributed by atoms with Gasteiger partial charge in [0.25, 0.3) is 0 Å². The minimum Gasteiger partial charge on any atom is -0.353 e. The van der Waals surface area contributed by atoms with E-state index >= 15 is 0 Å². The molecule has 0 amide bonds. The summed E-state index contributed by atoms with van der Waals surface area (Å²) in [6.07, 6.45) is 1.60. The van der Waals surface area contributed by atoms with Gasteiger partial charge in [0, 0.05) is 0 Å². The molecular weight excluding hydrogens is 302 g/mol. The van der Waals surface area contributed by atoms with Crippen LogP contribution in [0.3, 0.4) is 0 Å². The van der Waals surface area contributed by atoms with Gasteiger partial charge in [-0.1, -0.05) is 17.7 Å². The molecule has 0 aliphatic rings. The third-order valence-corrected chi connectivity index (χ3v) is 3.51. The molecule has 0 saturated heterocycles. The highest BCUT2D eigenvalue weighted by atomic mass is 79.9. The Morgan fingerprint density at radius 1 is 1.29 bits per heavy atom. The fourth-order valence-corrected chi connectivity index (χ4v) is 1.83. The summed E-state index contributed by atoms with van der Waals surface area (Å²) in [5, 5.41) is 12.4. The summed E-state index contributed by atoms with van der Waals surface area (Å²) in [6, 6.07) is 11.0. The molecular formula is C12H7BrClN3. The van der Waals surface area contributed by atoms with Crippen LogP contribution in [0.4, 0.5) is 11.4 Å². The summed E-state index contributed by atoms with van der Waals surface area (Å²) in [5.41, 5.74) is 2.04. The third-order valence-electron chi connectivity index (χ3n) is 2.11. The van der Waals surface area contributed by atoms with Gasteiger partial charge in [0.2, 0.25) is 0 Å². The number of rotatable bonds is 2. The lowest BCUT2D eigenvalue weighted by Gasteiger charge is -2.08. The zero-order valence-electron chi connectivity index (χ0n) is 8.61. The van der Waals surface area contributed by atoms with Gasteiger partial charge in [-0.25, -0.2) is 4.98 Å². The lowest BCUT2D eigenvalue weighted by atomic mass is 10.3. The number of halogens is 2. The Morgan fingerprint density at radius 3 is 2.76 bits per heavy atom. The molecule has 17 heavy (non-hydrogen) atoms. The highest BCUT2D eigenvalue weighted by Gasteiger charge is 2.04. The smallest absolute Gasteiger partial charge is 0.140 e. The van der Waals surface area contributed by atoms with Gasteiger partial charge in [-0.15, -0.1) is 0 Å². The number of aromatic nitrogens is 1. The van der Waals surface area contributed by atoms with E-state index in [0.717, 1.165) is 15.8 Å². The highest BCUT2D eigenvalue weighted by Crippen LogP contribution is 2.31. The molecule has 2 rings (SSSR count). The Morgan fingerprint density at radius 2 is 2.12 bits per heavy atom. The van der Waals surface area contributed by atoms with E-state index in [-0.39, 0.29) is 0 Å². The van der Waals surface area contributed by atoms with Gasteiger partial charge in [0.15, 0.2) is 0 Å². The third kappa shape index (κ3) is 2.76. The van der Waals surface area contributed by atoms with Crippen molar-refractivity contribution in [1.29, 1.82) is 5.26 Å². The van der Waals surface area contributed by atoms with Gasteiger partial charge in [0.05, 0.1) is 27.1 Å². The minimum absolute atomic E-state index is 0.390. The van der Waals surface area contributed by atoms with Crippen molar-refractivity contribution in [2.24, 2.45) is 0 Å². The fourth-order valence-electron chi connectivity index (χ4n) is 1.29. The number of nitrogens with zero attached hydrogens (tertiary/aromatic N) is 2. The topological polar surface area (TPSA) is 48.7 Å². The maximum absolute atomic E-state index is 8.64. The molecule has 0 fully saturated rings. The Bertz CT molecular complexity index is 575. The van der Waals surface area contributed by atoms with Crippen LogP contribution in [-0.4, -0.2) is 4.98 Å². The molecule has 0 unspecified atom stereocenters. The summed E-state index contributed by atoms with van der Waals surface area (Å²) < 4.78 is 0.797. The van der Waals surface area contributed by atoms with Crippen LogP contribution in [0.1, 0.15) is 5.69 Å². The number of pyridine rings is 1. The quantitative estimate of drug-likeness (QED) is 0.908. The molecule has 0 atom stereocenters. The van der Waals surface area contributed by atoms with Gasteiger partial charge in [-0.3, -0.25) is 0 Å². The van der Waals surface area contributed by atoms with Crippen molar-refractivity contribution in [3.05, 3.63) is 51.7 Å². The summed E-state index contributed by atoms with van der Waals surface area (Å²) in [4.78, 5) is 3.97. The summed E-state index contributed by atoms with van der Waals surface area (Å²) in [7, 11) is 0. The first kappa shape index (κ1) is 11.9. The van der Waals surface area contributed by atoms with Crippen molar-refractivity contribution in [2.45, 2.75) is 0 Å².